The summed E-state index contributed by atoms with van der Waals surface area (Å²) in [5, 5.41) is 12.5. The van der Waals surface area contributed by atoms with E-state index in [-0.39, 0.29) is 17.5 Å². The lowest BCUT2D eigenvalue weighted by atomic mass is 10.1. The molecule has 0 aliphatic carbocycles. The average Bonchev–Trinajstić information content (AvgIpc) is 2.43. The van der Waals surface area contributed by atoms with Crippen LogP contribution in [0.2, 0.25) is 0 Å². The maximum absolute atomic E-state index is 13.8. The molecule has 0 fully saturated rings. The summed E-state index contributed by atoms with van der Waals surface area (Å²) < 4.78 is 32.2. The minimum absolute atomic E-state index is 0.0302. The van der Waals surface area contributed by atoms with Gasteiger partial charge in [-0.2, -0.15) is 0 Å². The molecule has 21 heavy (non-hydrogen) atoms. The van der Waals surface area contributed by atoms with E-state index in [1.165, 1.54) is 19.2 Å². The molecule has 0 radical (unpaired) electrons. The van der Waals surface area contributed by atoms with Gasteiger partial charge in [-0.3, -0.25) is 0 Å². The van der Waals surface area contributed by atoms with E-state index in [2.05, 4.69) is 21.2 Å². The first-order valence-electron chi connectivity index (χ1n) is 6.20. The Hall–Kier alpha value is -1.82. The van der Waals surface area contributed by atoms with Gasteiger partial charge in [0.05, 0.1) is 12.8 Å². The van der Waals surface area contributed by atoms with Crippen LogP contribution in [-0.4, -0.2) is 12.2 Å². The van der Waals surface area contributed by atoms with Gasteiger partial charge in [-0.25, -0.2) is 8.78 Å². The number of aromatic hydroxyl groups is 1. The zero-order valence-corrected chi connectivity index (χ0v) is 13.0. The highest BCUT2D eigenvalue weighted by molar-refractivity contribution is 9.10. The largest absolute Gasteiger partial charge is 0.504 e. The van der Waals surface area contributed by atoms with Crippen molar-refractivity contribution in [3.63, 3.8) is 0 Å². The van der Waals surface area contributed by atoms with Crippen molar-refractivity contribution in [1.29, 1.82) is 0 Å². The molecule has 2 aromatic rings. The standard InChI is InChI=1S/C15H14BrF2NO2/c1-8(9-3-4-13(20)14(5-9)21-2)19-15-11(16)6-10(17)7-12(15)18/h3-8,19-20H,1-2H3. The number of phenolic OH excluding ortho intramolecular Hbond substituents is 1. The van der Waals surface area contributed by atoms with Crippen LogP contribution in [0.4, 0.5) is 14.5 Å². The lowest BCUT2D eigenvalue weighted by Crippen LogP contribution is -2.09. The fourth-order valence-electron chi connectivity index (χ4n) is 1.94. The summed E-state index contributed by atoms with van der Waals surface area (Å²) in [6, 6.07) is 6.60. The number of rotatable bonds is 4. The monoisotopic (exact) mass is 357 g/mol. The lowest BCUT2D eigenvalue weighted by molar-refractivity contribution is 0.373. The summed E-state index contributed by atoms with van der Waals surface area (Å²) in [4.78, 5) is 0. The molecule has 3 nitrogen and oxygen atoms in total. The first-order chi connectivity index (χ1) is 9.92. The van der Waals surface area contributed by atoms with Crippen LogP contribution >= 0.6 is 15.9 Å². The lowest BCUT2D eigenvalue weighted by Gasteiger charge is -2.18. The number of halogens is 3. The van der Waals surface area contributed by atoms with Gasteiger partial charge in [0.25, 0.3) is 0 Å². The Balaban J connectivity index is 2.28. The molecule has 112 valence electrons. The minimum Gasteiger partial charge on any atom is -0.504 e. The van der Waals surface area contributed by atoms with Crippen LogP contribution < -0.4 is 10.1 Å². The van der Waals surface area contributed by atoms with Crippen LogP contribution in [0.3, 0.4) is 0 Å². The van der Waals surface area contributed by atoms with Crippen molar-refractivity contribution in [3.05, 3.63) is 52.0 Å². The van der Waals surface area contributed by atoms with Crippen LogP contribution in [0.25, 0.3) is 0 Å². The van der Waals surface area contributed by atoms with E-state index in [1.807, 2.05) is 6.92 Å². The quantitative estimate of drug-likeness (QED) is 0.839. The van der Waals surface area contributed by atoms with Gasteiger partial charge in [-0.05, 0) is 46.6 Å². The predicted molar refractivity (Wildman–Crippen MR) is 80.8 cm³/mol. The second-order valence-corrected chi connectivity index (χ2v) is 5.40. The fraction of sp³-hybridized carbons (Fsp3) is 0.200. The molecule has 0 spiro atoms. The van der Waals surface area contributed by atoms with Crippen molar-refractivity contribution in [1.82, 2.24) is 0 Å². The normalized spacial score (nSPS) is 12.0. The van der Waals surface area contributed by atoms with Gasteiger partial charge in [-0.1, -0.05) is 6.07 Å². The fourth-order valence-corrected chi connectivity index (χ4v) is 2.47. The van der Waals surface area contributed by atoms with E-state index in [0.717, 1.165) is 11.6 Å². The Morgan fingerprint density at radius 2 is 1.95 bits per heavy atom. The molecule has 0 saturated carbocycles. The summed E-state index contributed by atoms with van der Waals surface area (Å²) in [5.41, 5.74) is 0.969. The van der Waals surface area contributed by atoms with E-state index in [4.69, 9.17) is 4.74 Å². The Bertz CT molecular complexity index is 641. The molecule has 0 heterocycles. The summed E-state index contributed by atoms with van der Waals surface area (Å²) in [7, 11) is 1.45. The number of methoxy groups -OCH3 is 1. The smallest absolute Gasteiger partial charge is 0.160 e. The molecular weight excluding hydrogens is 344 g/mol. The summed E-state index contributed by atoms with van der Waals surface area (Å²) in [6.07, 6.45) is 0. The van der Waals surface area contributed by atoms with Crippen molar-refractivity contribution < 1.29 is 18.6 Å². The molecule has 0 bridgehead atoms. The topological polar surface area (TPSA) is 41.5 Å². The molecule has 2 N–H and O–H groups in total. The predicted octanol–water partition coefficient (Wildman–Crippen LogP) is 4.61. The second-order valence-electron chi connectivity index (χ2n) is 4.54. The number of hydrogen-bond donors (Lipinski definition) is 2. The number of phenols is 1. The molecule has 0 aliphatic rings. The van der Waals surface area contributed by atoms with Gasteiger partial charge in [0, 0.05) is 16.6 Å². The Morgan fingerprint density at radius 3 is 2.57 bits per heavy atom. The second kappa shape index (κ2) is 6.30. The van der Waals surface area contributed by atoms with Gasteiger partial charge in [0.15, 0.2) is 11.5 Å². The van der Waals surface area contributed by atoms with E-state index in [0.29, 0.717) is 10.2 Å². The molecular formula is C15H14BrF2NO2. The molecule has 0 aliphatic heterocycles. The molecule has 1 unspecified atom stereocenters. The third kappa shape index (κ3) is 3.44. The number of ether oxygens (including phenoxy) is 1. The zero-order chi connectivity index (χ0) is 15.6. The number of hydrogen-bond acceptors (Lipinski definition) is 3. The first-order valence-corrected chi connectivity index (χ1v) is 6.99. The maximum Gasteiger partial charge on any atom is 0.160 e. The Morgan fingerprint density at radius 1 is 1.24 bits per heavy atom. The zero-order valence-electron chi connectivity index (χ0n) is 11.5. The molecule has 0 saturated heterocycles. The minimum atomic E-state index is -0.681. The Kier molecular flexibility index (Phi) is 4.67. The van der Waals surface area contributed by atoms with Crippen molar-refractivity contribution in [2.75, 3.05) is 12.4 Å². The molecule has 1 atom stereocenters. The van der Waals surface area contributed by atoms with E-state index >= 15 is 0 Å². The average molecular weight is 358 g/mol. The van der Waals surface area contributed by atoms with E-state index in [1.54, 1.807) is 12.1 Å². The summed E-state index contributed by atoms with van der Waals surface area (Å²) >= 11 is 3.13. The van der Waals surface area contributed by atoms with Crippen LogP contribution in [-0.2, 0) is 0 Å². The van der Waals surface area contributed by atoms with Crippen LogP contribution in [0.5, 0.6) is 11.5 Å². The van der Waals surface area contributed by atoms with Crippen LogP contribution in [0, 0.1) is 11.6 Å². The Labute approximate surface area is 129 Å². The van der Waals surface area contributed by atoms with Crippen LogP contribution in [0.15, 0.2) is 34.8 Å². The van der Waals surface area contributed by atoms with Crippen molar-refractivity contribution >= 4 is 21.6 Å². The highest BCUT2D eigenvalue weighted by atomic mass is 79.9. The maximum atomic E-state index is 13.8. The molecule has 0 aromatic heterocycles. The molecule has 0 amide bonds. The van der Waals surface area contributed by atoms with Crippen molar-refractivity contribution in [3.8, 4) is 11.5 Å². The van der Waals surface area contributed by atoms with Crippen LogP contribution in [0.1, 0.15) is 18.5 Å². The van der Waals surface area contributed by atoms with Gasteiger partial charge < -0.3 is 15.2 Å². The van der Waals surface area contributed by atoms with Gasteiger partial charge in [0.2, 0.25) is 0 Å². The molecule has 6 heteroatoms. The van der Waals surface area contributed by atoms with Gasteiger partial charge >= 0.3 is 0 Å². The number of nitrogens with one attached hydrogen (secondary N) is 1. The number of benzene rings is 2. The van der Waals surface area contributed by atoms with Crippen molar-refractivity contribution in [2.24, 2.45) is 0 Å². The molecule has 2 rings (SSSR count). The number of anilines is 1. The third-order valence-corrected chi connectivity index (χ3v) is 3.70. The van der Waals surface area contributed by atoms with Gasteiger partial charge in [-0.15, -0.1) is 0 Å². The van der Waals surface area contributed by atoms with E-state index < -0.39 is 11.6 Å². The summed E-state index contributed by atoms with van der Waals surface area (Å²) in [6.45, 7) is 1.82. The SMILES string of the molecule is COc1cc(C(C)Nc2c(F)cc(F)cc2Br)ccc1O. The van der Waals surface area contributed by atoms with E-state index in [9.17, 15) is 13.9 Å². The first kappa shape index (κ1) is 15.6. The van der Waals surface area contributed by atoms with Gasteiger partial charge in [0.1, 0.15) is 11.6 Å². The van der Waals surface area contributed by atoms with Crippen molar-refractivity contribution in [2.45, 2.75) is 13.0 Å². The summed E-state index contributed by atoms with van der Waals surface area (Å²) in [5.74, 6) is -0.967. The third-order valence-electron chi connectivity index (χ3n) is 3.07. The molecule has 2 aromatic carbocycles. The highest BCUT2D eigenvalue weighted by Gasteiger charge is 2.14. The highest BCUT2D eigenvalue weighted by Crippen LogP contribution is 2.33.